The van der Waals surface area contributed by atoms with E-state index in [0.29, 0.717) is 56.7 Å². The second-order valence-corrected chi connectivity index (χ2v) is 7.99. The van der Waals surface area contributed by atoms with E-state index in [1.807, 2.05) is 12.1 Å². The lowest BCUT2D eigenvalue weighted by Gasteiger charge is -2.23. The molecule has 0 saturated carbocycles. The Morgan fingerprint density at radius 1 is 1.37 bits per heavy atom. The van der Waals surface area contributed by atoms with Crippen molar-refractivity contribution in [3.63, 3.8) is 0 Å². The maximum Gasteiger partial charge on any atom is 0.317 e. The van der Waals surface area contributed by atoms with E-state index in [4.69, 9.17) is 4.52 Å². The molecule has 1 saturated heterocycles. The van der Waals surface area contributed by atoms with Crippen LogP contribution in [0, 0.1) is 5.92 Å². The standard InChI is InChI=1S/C21H30N6O3/c1-15(2)13-24-21(29)27-11-4-6-16(7-10-23-18(28)8-12-27)20-25-19(26-30-20)17-5-3-9-22-14-17/h3,5,9,14-16H,4,6-8,10-13H2,1-2H3,(H,23,28)(H,24,29). The Hall–Kier alpha value is -2.97. The van der Waals surface area contributed by atoms with Gasteiger partial charge in [-0.3, -0.25) is 9.78 Å². The van der Waals surface area contributed by atoms with Crippen LogP contribution in [0.2, 0.25) is 0 Å². The van der Waals surface area contributed by atoms with Gasteiger partial charge >= 0.3 is 6.03 Å². The van der Waals surface area contributed by atoms with Gasteiger partial charge in [0.05, 0.1) is 0 Å². The SMILES string of the molecule is CC(C)CNC(=O)N1CCCC(c2nc(-c3cccnc3)no2)CCNC(=O)CC1. The van der Waals surface area contributed by atoms with Crippen LogP contribution >= 0.6 is 0 Å². The van der Waals surface area contributed by atoms with E-state index in [1.165, 1.54) is 0 Å². The van der Waals surface area contributed by atoms with Crippen LogP contribution in [0.25, 0.3) is 11.4 Å². The van der Waals surface area contributed by atoms with Crippen LogP contribution < -0.4 is 10.6 Å². The van der Waals surface area contributed by atoms with Crippen molar-refractivity contribution < 1.29 is 14.1 Å². The number of carbonyl (C=O) groups is 2. The third kappa shape index (κ3) is 6.27. The minimum atomic E-state index is -0.121. The third-order valence-corrected chi connectivity index (χ3v) is 5.06. The van der Waals surface area contributed by atoms with Gasteiger partial charge in [-0.1, -0.05) is 19.0 Å². The maximum absolute atomic E-state index is 12.5. The first-order chi connectivity index (χ1) is 14.5. The van der Waals surface area contributed by atoms with Crippen LogP contribution in [-0.4, -0.2) is 58.1 Å². The normalized spacial score (nSPS) is 18.6. The van der Waals surface area contributed by atoms with Crippen molar-refractivity contribution >= 4 is 11.9 Å². The number of rotatable bonds is 4. The first kappa shape index (κ1) is 21.7. The Labute approximate surface area is 176 Å². The van der Waals surface area contributed by atoms with Crippen molar-refractivity contribution in [1.29, 1.82) is 0 Å². The largest absolute Gasteiger partial charge is 0.356 e. The van der Waals surface area contributed by atoms with Crippen molar-refractivity contribution in [3.8, 4) is 11.4 Å². The van der Waals surface area contributed by atoms with Gasteiger partial charge in [0.1, 0.15) is 0 Å². The summed E-state index contributed by atoms with van der Waals surface area (Å²) in [6.07, 6.45) is 5.98. The molecule has 30 heavy (non-hydrogen) atoms. The highest BCUT2D eigenvalue weighted by Crippen LogP contribution is 2.26. The zero-order chi connectivity index (χ0) is 21.3. The predicted molar refractivity (Wildman–Crippen MR) is 112 cm³/mol. The zero-order valence-electron chi connectivity index (χ0n) is 17.6. The number of pyridine rings is 1. The molecule has 3 rings (SSSR count). The Morgan fingerprint density at radius 2 is 2.23 bits per heavy atom. The van der Waals surface area contributed by atoms with E-state index in [2.05, 4.69) is 39.6 Å². The molecule has 1 atom stereocenters. The molecule has 1 unspecified atom stereocenters. The van der Waals surface area contributed by atoms with Crippen LogP contribution in [0.5, 0.6) is 0 Å². The fourth-order valence-electron chi connectivity index (χ4n) is 3.36. The van der Waals surface area contributed by atoms with Crippen LogP contribution in [0.4, 0.5) is 4.79 Å². The van der Waals surface area contributed by atoms with Crippen molar-refractivity contribution in [2.24, 2.45) is 5.92 Å². The van der Waals surface area contributed by atoms with Gasteiger partial charge in [-0.25, -0.2) is 4.79 Å². The second-order valence-electron chi connectivity index (χ2n) is 7.99. The summed E-state index contributed by atoms with van der Waals surface area (Å²) in [6, 6.07) is 3.59. The number of urea groups is 1. The van der Waals surface area contributed by atoms with Crippen molar-refractivity contribution in [2.75, 3.05) is 26.2 Å². The molecular weight excluding hydrogens is 384 g/mol. The highest BCUT2D eigenvalue weighted by atomic mass is 16.5. The number of nitrogens with zero attached hydrogens (tertiary/aromatic N) is 4. The summed E-state index contributed by atoms with van der Waals surface area (Å²) in [5.41, 5.74) is 0.797. The molecule has 2 N–H and O–H groups in total. The number of amides is 3. The molecule has 0 radical (unpaired) electrons. The average Bonchev–Trinajstić information content (AvgIpc) is 3.22. The molecule has 9 heteroatoms. The summed E-state index contributed by atoms with van der Waals surface area (Å²) in [6.45, 7) is 6.24. The lowest BCUT2D eigenvalue weighted by molar-refractivity contribution is -0.121. The quantitative estimate of drug-likeness (QED) is 0.795. The maximum atomic E-state index is 12.5. The Morgan fingerprint density at radius 3 is 3.00 bits per heavy atom. The van der Waals surface area contributed by atoms with Crippen molar-refractivity contribution in [2.45, 2.75) is 45.4 Å². The monoisotopic (exact) mass is 414 g/mol. The molecule has 2 aromatic heterocycles. The van der Waals surface area contributed by atoms with Gasteiger partial charge in [0, 0.05) is 56.5 Å². The molecule has 3 heterocycles. The number of hydrogen-bond acceptors (Lipinski definition) is 6. The summed E-state index contributed by atoms with van der Waals surface area (Å²) in [4.78, 5) is 35.0. The van der Waals surface area contributed by atoms with Gasteiger partial charge in [0.25, 0.3) is 0 Å². The van der Waals surface area contributed by atoms with E-state index in [-0.39, 0.29) is 17.9 Å². The number of hydrogen-bond donors (Lipinski definition) is 2. The van der Waals surface area contributed by atoms with E-state index < -0.39 is 0 Å². The molecular formula is C21H30N6O3. The van der Waals surface area contributed by atoms with Crippen molar-refractivity contribution in [3.05, 3.63) is 30.4 Å². The lowest BCUT2D eigenvalue weighted by atomic mass is 9.99. The van der Waals surface area contributed by atoms with Crippen LogP contribution in [0.1, 0.15) is 51.3 Å². The smallest absolute Gasteiger partial charge is 0.317 e. The zero-order valence-corrected chi connectivity index (χ0v) is 17.6. The summed E-state index contributed by atoms with van der Waals surface area (Å²) in [5, 5.41) is 9.96. The first-order valence-corrected chi connectivity index (χ1v) is 10.6. The Balaban J connectivity index is 1.66. The number of aromatic nitrogens is 3. The number of carbonyl (C=O) groups excluding carboxylic acids is 2. The summed E-state index contributed by atoms with van der Waals surface area (Å²) < 4.78 is 5.53. The highest BCUT2D eigenvalue weighted by molar-refractivity contribution is 5.78. The topological polar surface area (TPSA) is 113 Å². The van der Waals surface area contributed by atoms with Gasteiger partial charge in [0.2, 0.25) is 17.6 Å². The van der Waals surface area contributed by atoms with Gasteiger partial charge in [-0.15, -0.1) is 0 Å². The predicted octanol–water partition coefficient (Wildman–Crippen LogP) is 2.57. The van der Waals surface area contributed by atoms with E-state index in [9.17, 15) is 9.59 Å². The van der Waals surface area contributed by atoms with Crippen LogP contribution in [0.3, 0.4) is 0 Å². The fourth-order valence-corrected chi connectivity index (χ4v) is 3.36. The van der Waals surface area contributed by atoms with Crippen LogP contribution in [-0.2, 0) is 4.79 Å². The molecule has 1 fully saturated rings. The third-order valence-electron chi connectivity index (χ3n) is 5.06. The highest BCUT2D eigenvalue weighted by Gasteiger charge is 2.23. The summed E-state index contributed by atoms with van der Waals surface area (Å²) >= 11 is 0. The Bertz CT molecular complexity index is 823. The van der Waals surface area contributed by atoms with E-state index in [1.54, 1.807) is 17.3 Å². The molecule has 0 bridgehead atoms. The molecule has 1 aliphatic heterocycles. The Kier molecular flexibility index (Phi) is 7.75. The molecule has 0 aliphatic carbocycles. The molecule has 1 aliphatic rings. The van der Waals surface area contributed by atoms with Gasteiger partial charge in [-0.2, -0.15) is 4.98 Å². The molecule has 0 aromatic carbocycles. The second kappa shape index (κ2) is 10.7. The van der Waals surface area contributed by atoms with Gasteiger partial charge in [0.15, 0.2) is 0 Å². The summed E-state index contributed by atoms with van der Waals surface area (Å²) in [7, 11) is 0. The summed E-state index contributed by atoms with van der Waals surface area (Å²) in [5.74, 6) is 1.39. The van der Waals surface area contributed by atoms with Gasteiger partial charge in [-0.05, 0) is 37.3 Å². The average molecular weight is 415 g/mol. The van der Waals surface area contributed by atoms with Gasteiger partial charge < -0.3 is 20.1 Å². The minimum Gasteiger partial charge on any atom is -0.356 e. The molecule has 3 amide bonds. The number of nitrogens with one attached hydrogen (secondary N) is 2. The molecule has 2 aromatic rings. The van der Waals surface area contributed by atoms with E-state index in [0.717, 1.165) is 18.4 Å². The van der Waals surface area contributed by atoms with E-state index >= 15 is 0 Å². The van der Waals surface area contributed by atoms with Crippen LogP contribution in [0.15, 0.2) is 29.0 Å². The molecule has 9 nitrogen and oxygen atoms in total. The lowest BCUT2D eigenvalue weighted by Crippen LogP contribution is -2.43. The first-order valence-electron chi connectivity index (χ1n) is 10.6. The molecule has 162 valence electrons. The molecule has 0 spiro atoms. The fraction of sp³-hybridized carbons (Fsp3) is 0.571. The van der Waals surface area contributed by atoms with Crippen molar-refractivity contribution in [1.82, 2.24) is 30.7 Å². The minimum absolute atomic E-state index is 0.0156.